The highest BCUT2D eigenvalue weighted by atomic mass is 35.5. The van der Waals surface area contributed by atoms with Crippen LogP contribution in [0, 0.1) is 3.95 Å². The third-order valence-electron chi connectivity index (χ3n) is 3.42. The standard InChI is InChI=1S/C14H14ClN3O2S2/c15-9-1-3-10(4-2-9)18-12(16)11(22-14(18)21)13(19)17-5-7-20-8-6-17/h1-4H,5-8,16H2. The summed E-state index contributed by atoms with van der Waals surface area (Å²) >= 11 is 12.5. The van der Waals surface area contributed by atoms with Crippen LogP contribution in [0.4, 0.5) is 5.82 Å². The molecule has 0 unspecified atom stereocenters. The molecule has 3 rings (SSSR count). The minimum Gasteiger partial charge on any atom is -0.383 e. The molecule has 1 saturated heterocycles. The normalized spacial score (nSPS) is 15.0. The predicted molar refractivity (Wildman–Crippen MR) is 90.6 cm³/mol. The van der Waals surface area contributed by atoms with E-state index in [4.69, 9.17) is 34.3 Å². The Kier molecular flexibility index (Phi) is 4.49. The first-order valence-electron chi connectivity index (χ1n) is 6.72. The van der Waals surface area contributed by atoms with Crippen LogP contribution in [0.25, 0.3) is 5.69 Å². The number of halogens is 1. The van der Waals surface area contributed by atoms with Crippen molar-refractivity contribution >= 4 is 46.9 Å². The van der Waals surface area contributed by atoms with Crippen molar-refractivity contribution in [3.63, 3.8) is 0 Å². The van der Waals surface area contributed by atoms with Gasteiger partial charge in [0.25, 0.3) is 5.91 Å². The van der Waals surface area contributed by atoms with E-state index in [-0.39, 0.29) is 5.91 Å². The lowest BCUT2D eigenvalue weighted by Gasteiger charge is -2.26. The van der Waals surface area contributed by atoms with Gasteiger partial charge in [-0.05, 0) is 36.5 Å². The average Bonchev–Trinajstić information content (AvgIpc) is 2.83. The molecule has 0 saturated carbocycles. The fraction of sp³-hybridized carbons (Fsp3) is 0.286. The SMILES string of the molecule is Nc1c(C(=O)N2CCOCC2)sc(=S)n1-c1ccc(Cl)cc1. The fourth-order valence-corrected chi connectivity index (χ4v) is 3.74. The van der Waals surface area contributed by atoms with Crippen molar-refractivity contribution in [2.45, 2.75) is 0 Å². The van der Waals surface area contributed by atoms with Gasteiger partial charge in [-0.2, -0.15) is 0 Å². The fourth-order valence-electron chi connectivity index (χ4n) is 2.28. The summed E-state index contributed by atoms with van der Waals surface area (Å²) in [6.07, 6.45) is 0. The topological polar surface area (TPSA) is 60.5 Å². The minimum absolute atomic E-state index is 0.0930. The maximum absolute atomic E-state index is 12.6. The zero-order valence-corrected chi connectivity index (χ0v) is 14.0. The molecule has 22 heavy (non-hydrogen) atoms. The number of ether oxygens (including phenoxy) is 1. The molecule has 2 N–H and O–H groups in total. The molecule has 0 bridgehead atoms. The van der Waals surface area contributed by atoms with Crippen molar-refractivity contribution in [2.75, 3.05) is 32.0 Å². The quantitative estimate of drug-likeness (QED) is 0.841. The van der Waals surface area contributed by atoms with E-state index in [1.807, 2.05) is 12.1 Å². The number of benzene rings is 1. The van der Waals surface area contributed by atoms with Gasteiger partial charge in [-0.1, -0.05) is 22.9 Å². The Morgan fingerprint density at radius 3 is 2.55 bits per heavy atom. The van der Waals surface area contributed by atoms with Crippen LogP contribution in [-0.4, -0.2) is 41.7 Å². The number of anilines is 1. The van der Waals surface area contributed by atoms with E-state index in [0.717, 1.165) is 5.69 Å². The van der Waals surface area contributed by atoms with Gasteiger partial charge >= 0.3 is 0 Å². The first-order valence-corrected chi connectivity index (χ1v) is 8.32. The van der Waals surface area contributed by atoms with Crippen LogP contribution >= 0.6 is 35.2 Å². The van der Waals surface area contributed by atoms with Crippen molar-refractivity contribution in [3.8, 4) is 5.69 Å². The minimum atomic E-state index is -0.0930. The molecule has 1 aliphatic rings. The van der Waals surface area contributed by atoms with Gasteiger partial charge in [-0.3, -0.25) is 9.36 Å². The number of amides is 1. The first-order chi connectivity index (χ1) is 10.6. The first kappa shape index (κ1) is 15.5. The number of aromatic nitrogens is 1. The van der Waals surface area contributed by atoms with Crippen LogP contribution in [0.5, 0.6) is 0 Å². The number of nitrogens with two attached hydrogens (primary N) is 1. The number of nitrogens with zero attached hydrogens (tertiary/aromatic N) is 2. The summed E-state index contributed by atoms with van der Waals surface area (Å²) in [6, 6.07) is 7.17. The van der Waals surface area contributed by atoms with Crippen molar-refractivity contribution in [2.24, 2.45) is 0 Å². The lowest BCUT2D eigenvalue weighted by Crippen LogP contribution is -2.40. The molecular weight excluding hydrogens is 342 g/mol. The van der Waals surface area contributed by atoms with E-state index in [9.17, 15) is 4.79 Å². The Balaban J connectivity index is 1.97. The average molecular weight is 356 g/mol. The van der Waals surface area contributed by atoms with Crippen LogP contribution < -0.4 is 5.73 Å². The van der Waals surface area contributed by atoms with Gasteiger partial charge in [0.1, 0.15) is 10.7 Å². The zero-order valence-electron chi connectivity index (χ0n) is 11.6. The summed E-state index contributed by atoms with van der Waals surface area (Å²) in [6.45, 7) is 2.25. The van der Waals surface area contributed by atoms with Crippen LogP contribution in [-0.2, 0) is 4.74 Å². The number of carbonyl (C=O) groups excluding carboxylic acids is 1. The number of morpholine rings is 1. The van der Waals surface area contributed by atoms with Gasteiger partial charge < -0.3 is 15.4 Å². The van der Waals surface area contributed by atoms with E-state index in [2.05, 4.69) is 0 Å². The second-order valence-corrected chi connectivity index (χ2v) is 6.88. The maximum Gasteiger partial charge on any atom is 0.267 e. The van der Waals surface area contributed by atoms with Gasteiger partial charge in [0.2, 0.25) is 0 Å². The van der Waals surface area contributed by atoms with Gasteiger partial charge in [-0.15, -0.1) is 0 Å². The van der Waals surface area contributed by atoms with Gasteiger partial charge in [0.15, 0.2) is 3.95 Å². The molecule has 1 aromatic heterocycles. The molecule has 1 aromatic carbocycles. The number of carbonyl (C=O) groups is 1. The largest absolute Gasteiger partial charge is 0.383 e. The van der Waals surface area contributed by atoms with Crippen LogP contribution in [0.1, 0.15) is 9.67 Å². The highest BCUT2D eigenvalue weighted by Crippen LogP contribution is 2.28. The van der Waals surface area contributed by atoms with Gasteiger partial charge in [0.05, 0.1) is 13.2 Å². The number of thiazole rings is 1. The molecule has 1 aliphatic heterocycles. The van der Waals surface area contributed by atoms with Crippen LogP contribution in [0.3, 0.4) is 0 Å². The zero-order chi connectivity index (χ0) is 15.7. The summed E-state index contributed by atoms with van der Waals surface area (Å²) < 4.78 is 7.50. The lowest BCUT2D eigenvalue weighted by atomic mass is 10.3. The van der Waals surface area contributed by atoms with Gasteiger partial charge in [-0.25, -0.2) is 0 Å². The molecule has 0 aliphatic carbocycles. The van der Waals surface area contributed by atoms with E-state index in [1.54, 1.807) is 21.6 Å². The number of rotatable bonds is 2. The molecule has 8 heteroatoms. The Hall–Kier alpha value is -1.41. The molecule has 0 spiro atoms. The smallest absolute Gasteiger partial charge is 0.267 e. The van der Waals surface area contributed by atoms with E-state index in [0.29, 0.717) is 46.0 Å². The highest BCUT2D eigenvalue weighted by molar-refractivity contribution is 7.73. The van der Waals surface area contributed by atoms with Crippen LogP contribution in [0.2, 0.25) is 5.02 Å². The molecule has 2 aromatic rings. The third kappa shape index (κ3) is 2.89. The molecule has 0 atom stereocenters. The molecule has 1 amide bonds. The Labute approximate surface area is 141 Å². The molecule has 0 radical (unpaired) electrons. The van der Waals surface area contributed by atoms with E-state index in [1.165, 1.54) is 11.3 Å². The van der Waals surface area contributed by atoms with Crippen LogP contribution in [0.15, 0.2) is 24.3 Å². The van der Waals surface area contributed by atoms with Crippen molar-refractivity contribution < 1.29 is 9.53 Å². The predicted octanol–water partition coefficient (Wildman–Crippen LogP) is 2.98. The third-order valence-corrected chi connectivity index (χ3v) is 5.05. The van der Waals surface area contributed by atoms with Crippen molar-refractivity contribution in [3.05, 3.63) is 38.1 Å². The van der Waals surface area contributed by atoms with E-state index >= 15 is 0 Å². The van der Waals surface area contributed by atoms with Crippen molar-refractivity contribution in [1.29, 1.82) is 0 Å². The summed E-state index contributed by atoms with van der Waals surface area (Å²) in [5.74, 6) is 0.276. The Morgan fingerprint density at radius 1 is 1.27 bits per heavy atom. The second kappa shape index (κ2) is 6.37. The molecule has 1 fully saturated rings. The maximum atomic E-state index is 12.6. The summed E-state index contributed by atoms with van der Waals surface area (Å²) in [5.41, 5.74) is 6.97. The lowest BCUT2D eigenvalue weighted by molar-refractivity contribution is 0.0306. The van der Waals surface area contributed by atoms with Crippen molar-refractivity contribution in [1.82, 2.24) is 9.47 Å². The summed E-state index contributed by atoms with van der Waals surface area (Å²) in [4.78, 5) is 14.8. The molecular formula is C14H14ClN3O2S2. The van der Waals surface area contributed by atoms with E-state index < -0.39 is 0 Å². The summed E-state index contributed by atoms with van der Waals surface area (Å²) in [5, 5.41) is 0.633. The molecule has 5 nitrogen and oxygen atoms in total. The monoisotopic (exact) mass is 355 g/mol. The second-order valence-electron chi connectivity index (χ2n) is 4.80. The molecule has 2 heterocycles. The molecule has 116 valence electrons. The number of hydrogen-bond donors (Lipinski definition) is 1. The Bertz CT molecular complexity index is 748. The van der Waals surface area contributed by atoms with Gasteiger partial charge in [0, 0.05) is 23.8 Å². The highest BCUT2D eigenvalue weighted by Gasteiger charge is 2.24. The Morgan fingerprint density at radius 2 is 1.91 bits per heavy atom. The summed E-state index contributed by atoms with van der Waals surface area (Å²) in [7, 11) is 0. The number of nitrogen functional groups attached to an aromatic ring is 1. The number of hydrogen-bond acceptors (Lipinski definition) is 5.